The highest BCUT2D eigenvalue weighted by Crippen LogP contribution is 2.19. The molecule has 2 aromatic rings. The summed E-state index contributed by atoms with van der Waals surface area (Å²) in [4.78, 5) is 24.7. The van der Waals surface area contributed by atoms with E-state index in [9.17, 15) is 9.59 Å². The average Bonchev–Trinajstić information content (AvgIpc) is 2.60. The number of hydrogen-bond donors (Lipinski definition) is 1. The monoisotopic (exact) mass is 324 g/mol. The van der Waals surface area contributed by atoms with Crippen LogP contribution < -0.4 is 10.9 Å². The Bertz CT molecular complexity index is 833. The minimum Gasteiger partial charge on any atom is -0.354 e. The second-order valence-electron chi connectivity index (χ2n) is 6.49. The predicted octanol–water partition coefficient (Wildman–Crippen LogP) is 3.32. The van der Waals surface area contributed by atoms with Crippen molar-refractivity contribution in [1.29, 1.82) is 0 Å². The van der Waals surface area contributed by atoms with E-state index in [4.69, 9.17) is 0 Å². The van der Waals surface area contributed by atoms with Gasteiger partial charge in [0, 0.05) is 12.1 Å². The maximum Gasteiger partial charge on any atom is 0.254 e. The van der Waals surface area contributed by atoms with Crippen molar-refractivity contribution in [2.24, 2.45) is 0 Å². The van der Waals surface area contributed by atoms with Crippen molar-refractivity contribution in [1.82, 2.24) is 9.88 Å². The Morgan fingerprint density at radius 2 is 2.08 bits per heavy atom. The molecule has 0 bridgehead atoms. The number of allylic oxidation sites excluding steroid dienone is 1. The molecule has 24 heavy (non-hydrogen) atoms. The van der Waals surface area contributed by atoms with Crippen LogP contribution >= 0.6 is 0 Å². The summed E-state index contributed by atoms with van der Waals surface area (Å²) in [5.41, 5.74) is 2.81. The van der Waals surface area contributed by atoms with Gasteiger partial charge in [0.25, 0.3) is 5.56 Å². The second-order valence-corrected chi connectivity index (χ2v) is 6.49. The fourth-order valence-electron chi connectivity index (χ4n) is 3.32. The van der Waals surface area contributed by atoms with Crippen molar-refractivity contribution >= 4 is 16.8 Å². The molecule has 1 aromatic heterocycles. The Balaban J connectivity index is 1.68. The third-order valence-corrected chi connectivity index (χ3v) is 4.64. The Hall–Kier alpha value is -2.36. The molecule has 0 unspecified atom stereocenters. The maximum atomic E-state index is 12.4. The maximum absolute atomic E-state index is 12.4. The number of benzene rings is 1. The third kappa shape index (κ3) is 3.75. The molecule has 1 aromatic carbocycles. The standard InChI is InChI=1S/C20H24N2O2/c1-15-13-17-9-5-6-10-18(17)22(20(15)24)14-19(23)21-12-11-16-7-3-2-4-8-16/h5-7,9-10,13H,2-4,8,11-12,14H2,1H3,(H,21,23). The molecule has 3 rings (SSSR count). The Labute approximate surface area is 142 Å². The van der Waals surface area contributed by atoms with Crippen LogP contribution in [0.2, 0.25) is 0 Å². The van der Waals surface area contributed by atoms with E-state index in [2.05, 4.69) is 11.4 Å². The van der Waals surface area contributed by atoms with Crippen molar-refractivity contribution in [3.63, 3.8) is 0 Å². The number of para-hydroxylation sites is 1. The number of rotatable bonds is 5. The number of aryl methyl sites for hydroxylation is 1. The molecular formula is C20H24N2O2. The number of aromatic nitrogens is 1. The lowest BCUT2D eigenvalue weighted by Crippen LogP contribution is -2.33. The van der Waals surface area contributed by atoms with Crippen molar-refractivity contribution in [2.45, 2.75) is 45.6 Å². The van der Waals surface area contributed by atoms with Gasteiger partial charge in [-0.05, 0) is 56.5 Å². The number of pyridine rings is 1. The number of hydrogen-bond acceptors (Lipinski definition) is 2. The Kier molecular flexibility index (Phi) is 5.14. The van der Waals surface area contributed by atoms with Gasteiger partial charge in [0.05, 0.1) is 5.52 Å². The summed E-state index contributed by atoms with van der Waals surface area (Å²) in [5, 5.41) is 3.93. The lowest BCUT2D eigenvalue weighted by molar-refractivity contribution is -0.121. The summed E-state index contributed by atoms with van der Waals surface area (Å²) in [6, 6.07) is 9.55. The lowest BCUT2D eigenvalue weighted by atomic mass is 9.97. The van der Waals surface area contributed by atoms with E-state index < -0.39 is 0 Å². The molecule has 0 fully saturated rings. The Morgan fingerprint density at radius 1 is 1.25 bits per heavy atom. The molecule has 0 saturated carbocycles. The summed E-state index contributed by atoms with van der Waals surface area (Å²) in [7, 11) is 0. The average molecular weight is 324 g/mol. The van der Waals surface area contributed by atoms with Gasteiger partial charge in [-0.15, -0.1) is 0 Å². The van der Waals surface area contributed by atoms with Crippen LogP contribution in [0.5, 0.6) is 0 Å². The molecule has 0 atom stereocenters. The fourth-order valence-corrected chi connectivity index (χ4v) is 3.32. The molecule has 1 heterocycles. The molecule has 1 amide bonds. The summed E-state index contributed by atoms with van der Waals surface area (Å²) in [6.07, 6.45) is 8.05. The summed E-state index contributed by atoms with van der Waals surface area (Å²) in [6.45, 7) is 2.50. The molecular weight excluding hydrogens is 300 g/mol. The summed E-state index contributed by atoms with van der Waals surface area (Å²) >= 11 is 0. The zero-order valence-corrected chi connectivity index (χ0v) is 14.2. The first-order valence-corrected chi connectivity index (χ1v) is 8.69. The summed E-state index contributed by atoms with van der Waals surface area (Å²) < 4.78 is 1.57. The quantitative estimate of drug-likeness (QED) is 0.858. The molecule has 4 nitrogen and oxygen atoms in total. The van der Waals surface area contributed by atoms with Gasteiger partial charge in [-0.2, -0.15) is 0 Å². The minimum atomic E-state index is -0.107. The zero-order valence-electron chi connectivity index (χ0n) is 14.2. The normalized spacial score (nSPS) is 14.5. The van der Waals surface area contributed by atoms with Gasteiger partial charge in [-0.1, -0.05) is 29.8 Å². The van der Waals surface area contributed by atoms with Gasteiger partial charge in [0.15, 0.2) is 0 Å². The largest absolute Gasteiger partial charge is 0.354 e. The minimum absolute atomic E-state index is 0.0695. The number of carbonyl (C=O) groups excluding carboxylic acids is 1. The first-order valence-electron chi connectivity index (χ1n) is 8.69. The fraction of sp³-hybridized carbons (Fsp3) is 0.400. The number of carbonyl (C=O) groups is 1. The van der Waals surface area contributed by atoms with E-state index in [0.29, 0.717) is 12.1 Å². The first-order chi connectivity index (χ1) is 11.6. The highest BCUT2D eigenvalue weighted by atomic mass is 16.2. The predicted molar refractivity (Wildman–Crippen MR) is 97.1 cm³/mol. The molecule has 0 spiro atoms. The zero-order chi connectivity index (χ0) is 16.9. The number of nitrogens with one attached hydrogen (secondary N) is 1. The van der Waals surface area contributed by atoms with Crippen LogP contribution in [0.4, 0.5) is 0 Å². The van der Waals surface area contributed by atoms with E-state index in [0.717, 1.165) is 30.2 Å². The molecule has 4 heteroatoms. The molecule has 126 valence electrons. The van der Waals surface area contributed by atoms with Crippen molar-refractivity contribution < 1.29 is 4.79 Å². The number of nitrogens with zero attached hydrogens (tertiary/aromatic N) is 1. The van der Waals surface area contributed by atoms with Crippen LogP contribution in [0.1, 0.15) is 37.7 Å². The van der Waals surface area contributed by atoms with Crippen LogP contribution in [-0.2, 0) is 11.3 Å². The SMILES string of the molecule is Cc1cc2ccccc2n(CC(=O)NCCC2=CCCCC2)c1=O. The van der Waals surface area contributed by atoms with E-state index >= 15 is 0 Å². The van der Waals surface area contributed by atoms with Crippen LogP contribution in [0.15, 0.2) is 46.8 Å². The van der Waals surface area contributed by atoms with Gasteiger partial charge in [0.1, 0.15) is 6.54 Å². The summed E-state index contributed by atoms with van der Waals surface area (Å²) in [5.74, 6) is -0.107. The van der Waals surface area contributed by atoms with Crippen molar-refractivity contribution in [3.8, 4) is 0 Å². The van der Waals surface area contributed by atoms with Crippen molar-refractivity contribution in [2.75, 3.05) is 6.54 Å². The third-order valence-electron chi connectivity index (χ3n) is 4.64. The van der Waals surface area contributed by atoms with Crippen LogP contribution in [0.3, 0.4) is 0 Å². The molecule has 0 radical (unpaired) electrons. The van der Waals surface area contributed by atoms with E-state index in [-0.39, 0.29) is 18.0 Å². The smallest absolute Gasteiger partial charge is 0.254 e. The molecule has 1 aliphatic rings. The lowest BCUT2D eigenvalue weighted by Gasteiger charge is -2.14. The van der Waals surface area contributed by atoms with Crippen LogP contribution in [0.25, 0.3) is 10.9 Å². The van der Waals surface area contributed by atoms with Gasteiger partial charge in [-0.25, -0.2) is 0 Å². The van der Waals surface area contributed by atoms with Crippen LogP contribution in [-0.4, -0.2) is 17.0 Å². The number of amides is 1. The van der Waals surface area contributed by atoms with E-state index in [1.165, 1.54) is 18.4 Å². The topological polar surface area (TPSA) is 51.1 Å². The highest BCUT2D eigenvalue weighted by Gasteiger charge is 2.10. The van der Waals surface area contributed by atoms with Crippen LogP contribution in [0, 0.1) is 6.92 Å². The van der Waals surface area contributed by atoms with Gasteiger partial charge >= 0.3 is 0 Å². The van der Waals surface area contributed by atoms with Crippen molar-refractivity contribution in [3.05, 3.63) is 57.9 Å². The second kappa shape index (κ2) is 7.47. The molecule has 1 aliphatic carbocycles. The van der Waals surface area contributed by atoms with E-state index in [1.807, 2.05) is 30.3 Å². The number of fused-ring (bicyclic) bond motifs is 1. The van der Waals surface area contributed by atoms with Gasteiger partial charge in [-0.3, -0.25) is 14.2 Å². The molecule has 0 aliphatic heterocycles. The highest BCUT2D eigenvalue weighted by molar-refractivity contribution is 5.82. The van der Waals surface area contributed by atoms with Gasteiger partial charge < -0.3 is 5.32 Å². The van der Waals surface area contributed by atoms with Gasteiger partial charge in [0.2, 0.25) is 5.91 Å². The molecule has 0 saturated heterocycles. The first kappa shape index (κ1) is 16.5. The molecule has 1 N–H and O–H groups in total. The van der Waals surface area contributed by atoms with E-state index in [1.54, 1.807) is 11.5 Å². The Morgan fingerprint density at radius 3 is 2.88 bits per heavy atom.